The molecule has 39 heavy (non-hydrogen) atoms. The average Bonchev–Trinajstić information content (AvgIpc) is 3.57. The Morgan fingerprint density at radius 2 is 1.79 bits per heavy atom. The second kappa shape index (κ2) is 11.4. The van der Waals surface area contributed by atoms with Crippen molar-refractivity contribution in [1.29, 1.82) is 0 Å². The first kappa shape index (κ1) is 28.7. The van der Waals surface area contributed by atoms with E-state index in [1.54, 1.807) is 36.8 Å². The number of nitrogens with zero attached hydrogens (tertiary/aromatic N) is 6. The van der Waals surface area contributed by atoms with Crippen LogP contribution in [0.4, 0.5) is 23.7 Å². The molecule has 0 bridgehead atoms. The van der Waals surface area contributed by atoms with Crippen molar-refractivity contribution < 1.29 is 32.3 Å². The quantitative estimate of drug-likeness (QED) is 0.513. The van der Waals surface area contributed by atoms with Gasteiger partial charge >= 0.3 is 12.3 Å². The fraction of sp³-hybridized carbons (Fsp3) is 0.625. The number of aryl methyl sites for hydroxylation is 2. The first-order chi connectivity index (χ1) is 18.4. The van der Waals surface area contributed by atoms with E-state index in [1.807, 2.05) is 0 Å². The molecule has 3 heterocycles. The van der Waals surface area contributed by atoms with Crippen LogP contribution in [0.3, 0.4) is 0 Å². The zero-order chi connectivity index (χ0) is 28.5. The molecule has 1 atom stereocenters. The number of alkyl halides is 3. The highest BCUT2D eigenvalue weighted by molar-refractivity contribution is 6.32. The van der Waals surface area contributed by atoms with Crippen LogP contribution >= 0.6 is 11.6 Å². The van der Waals surface area contributed by atoms with Crippen LogP contribution in [0, 0.1) is 6.92 Å². The minimum atomic E-state index is -4.68. The van der Waals surface area contributed by atoms with E-state index in [2.05, 4.69) is 15.5 Å². The highest BCUT2D eigenvalue weighted by atomic mass is 35.5. The summed E-state index contributed by atoms with van der Waals surface area (Å²) in [5, 5.41) is 10.3. The monoisotopic (exact) mass is 573 g/mol. The van der Waals surface area contributed by atoms with E-state index in [4.69, 9.17) is 16.3 Å². The minimum absolute atomic E-state index is 0.0622. The van der Waals surface area contributed by atoms with Gasteiger partial charge in [0.2, 0.25) is 11.8 Å². The largest absolute Gasteiger partial charge is 0.450 e. The molecule has 0 radical (unpaired) electrons. The summed E-state index contributed by atoms with van der Waals surface area (Å²) in [6.07, 6.45) is -2.20. The van der Waals surface area contributed by atoms with Crippen LogP contribution in [0.5, 0.6) is 0 Å². The number of carbonyl (C=O) groups is 3. The maximum atomic E-state index is 13.3. The summed E-state index contributed by atoms with van der Waals surface area (Å²) in [6.45, 7) is 6.78. The molecule has 15 heteroatoms. The molecule has 0 spiro atoms. The van der Waals surface area contributed by atoms with Gasteiger partial charge in [-0.2, -0.15) is 23.4 Å². The molecule has 1 aliphatic carbocycles. The van der Waals surface area contributed by atoms with E-state index in [-0.39, 0.29) is 31.4 Å². The predicted molar refractivity (Wildman–Crippen MR) is 134 cm³/mol. The summed E-state index contributed by atoms with van der Waals surface area (Å²) < 4.78 is 47.5. The molecule has 4 rings (SSSR count). The van der Waals surface area contributed by atoms with Gasteiger partial charge in [0.15, 0.2) is 5.69 Å². The number of amides is 3. The third kappa shape index (κ3) is 6.48. The third-order valence-corrected chi connectivity index (χ3v) is 7.15. The molecule has 2 fully saturated rings. The summed E-state index contributed by atoms with van der Waals surface area (Å²) in [5.74, 6) is -0.701. The zero-order valence-corrected chi connectivity index (χ0v) is 22.7. The highest BCUT2D eigenvalue weighted by Gasteiger charge is 2.42. The molecule has 1 aliphatic heterocycles. The van der Waals surface area contributed by atoms with Crippen LogP contribution in [0.15, 0.2) is 6.20 Å². The number of rotatable bonds is 8. The van der Waals surface area contributed by atoms with Gasteiger partial charge in [-0.1, -0.05) is 11.6 Å². The van der Waals surface area contributed by atoms with Crippen molar-refractivity contribution >= 4 is 35.2 Å². The van der Waals surface area contributed by atoms with Crippen molar-refractivity contribution in [3.63, 3.8) is 0 Å². The lowest BCUT2D eigenvalue weighted by molar-refractivity contribution is -0.141. The Hall–Kier alpha value is -3.29. The minimum Gasteiger partial charge on any atom is -0.450 e. The summed E-state index contributed by atoms with van der Waals surface area (Å²) in [6, 6.07) is -0.656. The number of piperazine rings is 1. The van der Waals surface area contributed by atoms with Gasteiger partial charge in [0.05, 0.1) is 35.2 Å². The van der Waals surface area contributed by atoms with Crippen molar-refractivity contribution in [3.8, 4) is 0 Å². The van der Waals surface area contributed by atoms with Crippen LogP contribution in [0.25, 0.3) is 0 Å². The van der Waals surface area contributed by atoms with Crippen LogP contribution in [0.1, 0.15) is 62.2 Å². The number of ether oxygens (including phenoxy) is 1. The van der Waals surface area contributed by atoms with Gasteiger partial charge in [0.25, 0.3) is 0 Å². The molecule has 0 aromatic carbocycles. The lowest BCUT2D eigenvalue weighted by Crippen LogP contribution is -2.52. The smallest absolute Gasteiger partial charge is 0.436 e. The van der Waals surface area contributed by atoms with Gasteiger partial charge in [-0.05, 0) is 33.6 Å². The Morgan fingerprint density at radius 3 is 2.38 bits per heavy atom. The average molecular weight is 574 g/mol. The van der Waals surface area contributed by atoms with Crippen molar-refractivity contribution in [2.24, 2.45) is 0 Å². The molecular formula is C24H31ClF3N7O4. The summed E-state index contributed by atoms with van der Waals surface area (Å²) in [5.41, 5.74) is 0.0553. The fourth-order valence-corrected chi connectivity index (χ4v) is 4.87. The number of carbonyl (C=O) groups excluding carboxylic acids is 3. The molecule has 1 unspecified atom stereocenters. The second-order valence-corrected chi connectivity index (χ2v) is 10.0. The summed E-state index contributed by atoms with van der Waals surface area (Å²) in [4.78, 5) is 40.8. The van der Waals surface area contributed by atoms with Crippen molar-refractivity contribution in [3.05, 3.63) is 28.3 Å². The van der Waals surface area contributed by atoms with E-state index in [0.29, 0.717) is 43.3 Å². The Morgan fingerprint density at radius 1 is 1.15 bits per heavy atom. The number of anilines is 1. The second-order valence-electron chi connectivity index (χ2n) is 9.64. The molecule has 2 aromatic heterocycles. The Balaban J connectivity index is 1.34. The number of hydrogen-bond donors (Lipinski definition) is 1. The topological polar surface area (TPSA) is 115 Å². The first-order valence-electron chi connectivity index (χ1n) is 12.8. The zero-order valence-electron chi connectivity index (χ0n) is 21.9. The van der Waals surface area contributed by atoms with Crippen LogP contribution in [-0.4, -0.2) is 80.1 Å². The molecule has 2 aromatic rings. The van der Waals surface area contributed by atoms with Crippen molar-refractivity contribution in [2.45, 2.75) is 64.7 Å². The van der Waals surface area contributed by atoms with Gasteiger partial charge < -0.3 is 19.9 Å². The van der Waals surface area contributed by atoms with E-state index >= 15 is 0 Å². The Bertz CT molecular complexity index is 1230. The number of hydrogen-bond acceptors (Lipinski definition) is 6. The van der Waals surface area contributed by atoms with Crippen LogP contribution in [0.2, 0.25) is 5.02 Å². The molecule has 1 saturated heterocycles. The fourth-order valence-electron chi connectivity index (χ4n) is 4.48. The van der Waals surface area contributed by atoms with Crippen molar-refractivity contribution in [2.75, 3.05) is 38.1 Å². The van der Waals surface area contributed by atoms with Gasteiger partial charge in [0.1, 0.15) is 6.04 Å². The molecular weight excluding hydrogens is 543 g/mol. The lowest BCUT2D eigenvalue weighted by atomic mass is 10.2. The van der Waals surface area contributed by atoms with E-state index in [0.717, 1.165) is 12.8 Å². The predicted octanol–water partition coefficient (Wildman–Crippen LogP) is 3.83. The highest BCUT2D eigenvalue weighted by Crippen LogP contribution is 2.46. The van der Waals surface area contributed by atoms with Gasteiger partial charge in [0, 0.05) is 44.7 Å². The van der Waals surface area contributed by atoms with E-state index < -0.39 is 34.9 Å². The standard InChI is InChI=1S/C24H31ClF3N7O4/c1-4-39-23(38)33-11-9-32(10-12-33)22(37)15(3)35-13-17(14(2)30-35)29-18(36)7-8-34-20(16-5-6-16)19(25)21(31-34)24(26,27)28/h13,15-16H,4-12H2,1-3H3,(H,29,36). The van der Waals surface area contributed by atoms with Gasteiger partial charge in [-0.3, -0.25) is 19.0 Å². The van der Waals surface area contributed by atoms with Gasteiger partial charge in [-0.25, -0.2) is 4.79 Å². The molecule has 214 valence electrons. The number of aromatic nitrogens is 4. The van der Waals surface area contributed by atoms with Crippen molar-refractivity contribution in [1.82, 2.24) is 29.4 Å². The molecule has 11 nitrogen and oxygen atoms in total. The maximum absolute atomic E-state index is 13.3. The Kier molecular flexibility index (Phi) is 8.42. The number of halogens is 4. The third-order valence-electron chi connectivity index (χ3n) is 6.78. The molecule has 2 aliphatic rings. The Labute approximate surface area is 228 Å². The summed E-state index contributed by atoms with van der Waals surface area (Å²) >= 11 is 5.99. The van der Waals surface area contributed by atoms with E-state index in [1.165, 1.54) is 9.36 Å². The van der Waals surface area contributed by atoms with Crippen LogP contribution < -0.4 is 5.32 Å². The van der Waals surface area contributed by atoms with Gasteiger partial charge in [-0.15, -0.1) is 0 Å². The first-order valence-corrected chi connectivity index (χ1v) is 13.2. The molecule has 3 amide bonds. The lowest BCUT2D eigenvalue weighted by Gasteiger charge is -2.35. The van der Waals surface area contributed by atoms with E-state index in [9.17, 15) is 27.6 Å². The number of nitrogens with one attached hydrogen (secondary N) is 1. The maximum Gasteiger partial charge on any atom is 0.436 e. The summed E-state index contributed by atoms with van der Waals surface area (Å²) in [7, 11) is 0. The van der Waals surface area contributed by atoms with Crippen LogP contribution in [-0.2, 0) is 27.0 Å². The normalized spacial score (nSPS) is 16.8. The molecule has 1 N–H and O–H groups in total. The SMILES string of the molecule is CCOC(=O)N1CCN(C(=O)C(C)n2cc(NC(=O)CCn3nc(C(F)(F)F)c(Cl)c3C3CC3)c(C)n2)CC1. The molecule has 1 saturated carbocycles.